The Morgan fingerprint density at radius 2 is 1.59 bits per heavy atom. The summed E-state index contributed by atoms with van der Waals surface area (Å²) in [4.78, 5) is 52.9. The number of nitrogens with zero attached hydrogens (tertiary/aromatic N) is 3. The van der Waals surface area contributed by atoms with Crippen LogP contribution in [-0.2, 0) is 14.4 Å². The monoisotopic (exact) mass is 295 g/mol. The number of isocyanates is 3. The van der Waals surface area contributed by atoms with Crippen LogP contribution in [0.3, 0.4) is 0 Å². The van der Waals surface area contributed by atoms with Crippen molar-refractivity contribution in [1.82, 2.24) is 0 Å². The lowest BCUT2D eigenvalue weighted by atomic mass is 10.0. The van der Waals surface area contributed by atoms with E-state index in [1.807, 2.05) is 0 Å². The topological polar surface area (TPSA) is 126 Å². The molecule has 2 aromatic rings. The fraction of sp³-hybridized carbons (Fsp3) is 0. The number of carboxylic acid groups (broad SMARTS) is 1. The average molecular weight is 295 g/mol. The van der Waals surface area contributed by atoms with Crippen LogP contribution < -0.4 is 0 Å². The zero-order chi connectivity index (χ0) is 16.1. The zero-order valence-corrected chi connectivity index (χ0v) is 10.7. The molecule has 0 aliphatic carbocycles. The SMILES string of the molecule is O=C=Nc1cc(C(=O)O)c2ccc(N=C=O)c(N=C=O)c2c1. The van der Waals surface area contributed by atoms with Crippen molar-refractivity contribution in [2.45, 2.75) is 0 Å². The summed E-state index contributed by atoms with van der Waals surface area (Å²) >= 11 is 0. The second-order valence-corrected chi connectivity index (χ2v) is 3.94. The van der Waals surface area contributed by atoms with Gasteiger partial charge in [0.25, 0.3) is 0 Å². The van der Waals surface area contributed by atoms with Crippen molar-refractivity contribution in [3.8, 4) is 0 Å². The van der Waals surface area contributed by atoms with Gasteiger partial charge in [0.2, 0.25) is 18.2 Å². The van der Waals surface area contributed by atoms with Crippen LogP contribution in [0.2, 0.25) is 0 Å². The predicted molar refractivity (Wildman–Crippen MR) is 74.3 cm³/mol. The summed E-state index contributed by atoms with van der Waals surface area (Å²) in [6.07, 6.45) is 3.91. The molecule has 0 aromatic heterocycles. The predicted octanol–water partition coefficient (Wildman–Crippen LogP) is 2.44. The molecule has 22 heavy (non-hydrogen) atoms. The third-order valence-corrected chi connectivity index (χ3v) is 2.80. The highest BCUT2D eigenvalue weighted by molar-refractivity contribution is 6.10. The minimum Gasteiger partial charge on any atom is -0.478 e. The number of carboxylic acids is 1. The van der Waals surface area contributed by atoms with E-state index >= 15 is 0 Å². The molecule has 0 heterocycles. The molecule has 0 saturated heterocycles. The summed E-state index contributed by atoms with van der Waals surface area (Å²) in [6.45, 7) is 0. The first-order chi connectivity index (χ1) is 10.6. The summed E-state index contributed by atoms with van der Waals surface area (Å²) < 4.78 is 0. The lowest BCUT2D eigenvalue weighted by Gasteiger charge is -2.07. The van der Waals surface area contributed by atoms with Crippen molar-refractivity contribution in [1.29, 1.82) is 0 Å². The quantitative estimate of drug-likeness (QED) is 0.684. The molecule has 0 aliphatic rings. The van der Waals surface area contributed by atoms with Crippen LogP contribution in [0.25, 0.3) is 10.8 Å². The number of aromatic carboxylic acids is 1. The molecule has 0 radical (unpaired) electrons. The fourth-order valence-electron chi connectivity index (χ4n) is 1.99. The maximum Gasteiger partial charge on any atom is 0.336 e. The number of carbonyl (C=O) groups is 1. The van der Waals surface area contributed by atoms with Gasteiger partial charge in [-0.05, 0) is 23.6 Å². The van der Waals surface area contributed by atoms with Gasteiger partial charge in [-0.3, -0.25) is 0 Å². The summed E-state index contributed by atoms with van der Waals surface area (Å²) in [6, 6.07) is 5.21. The normalized spacial score (nSPS) is 9.27. The lowest BCUT2D eigenvalue weighted by molar-refractivity contribution is 0.0699. The third-order valence-electron chi connectivity index (χ3n) is 2.80. The summed E-state index contributed by atoms with van der Waals surface area (Å²) in [7, 11) is 0. The number of benzene rings is 2. The van der Waals surface area contributed by atoms with Crippen LogP contribution in [-0.4, -0.2) is 29.3 Å². The molecule has 0 saturated carbocycles. The van der Waals surface area contributed by atoms with Crippen LogP contribution in [0.5, 0.6) is 0 Å². The maximum absolute atomic E-state index is 11.3. The highest BCUT2D eigenvalue weighted by atomic mass is 16.4. The van der Waals surface area contributed by atoms with Crippen LogP contribution in [0.15, 0.2) is 39.2 Å². The Morgan fingerprint density at radius 1 is 0.909 bits per heavy atom. The number of hydrogen-bond donors (Lipinski definition) is 1. The van der Waals surface area contributed by atoms with Crippen molar-refractivity contribution in [2.75, 3.05) is 0 Å². The summed E-state index contributed by atoms with van der Waals surface area (Å²) in [5.41, 5.74) is -0.208. The van der Waals surface area contributed by atoms with Crippen molar-refractivity contribution < 1.29 is 24.3 Å². The van der Waals surface area contributed by atoms with Gasteiger partial charge in [0.05, 0.1) is 11.3 Å². The molecule has 0 bridgehead atoms. The maximum atomic E-state index is 11.3. The Morgan fingerprint density at radius 3 is 2.18 bits per heavy atom. The van der Waals surface area contributed by atoms with E-state index in [0.717, 1.165) is 0 Å². The molecular weight excluding hydrogens is 290 g/mol. The summed E-state index contributed by atoms with van der Waals surface area (Å²) in [5, 5.41) is 9.64. The van der Waals surface area contributed by atoms with Crippen LogP contribution in [0.4, 0.5) is 17.1 Å². The van der Waals surface area contributed by atoms with Crippen molar-refractivity contribution in [2.24, 2.45) is 15.0 Å². The number of hydrogen-bond acceptors (Lipinski definition) is 7. The molecule has 8 nitrogen and oxygen atoms in total. The molecule has 1 N–H and O–H groups in total. The number of carbonyl (C=O) groups excluding carboxylic acids is 3. The van der Waals surface area contributed by atoms with Gasteiger partial charge < -0.3 is 5.11 Å². The number of fused-ring (bicyclic) bond motifs is 1. The first kappa shape index (κ1) is 14.7. The molecule has 2 aromatic carbocycles. The van der Waals surface area contributed by atoms with Gasteiger partial charge in [-0.2, -0.15) is 15.0 Å². The number of rotatable bonds is 4. The molecule has 0 spiro atoms. The molecule has 0 fully saturated rings. The largest absolute Gasteiger partial charge is 0.478 e. The van der Waals surface area contributed by atoms with E-state index in [1.165, 1.54) is 42.5 Å². The zero-order valence-electron chi connectivity index (χ0n) is 10.7. The molecule has 8 heteroatoms. The van der Waals surface area contributed by atoms with E-state index in [-0.39, 0.29) is 33.4 Å². The van der Waals surface area contributed by atoms with E-state index in [2.05, 4.69) is 15.0 Å². The Balaban J connectivity index is 3.04. The first-order valence-electron chi connectivity index (χ1n) is 5.70. The molecule has 0 amide bonds. The van der Waals surface area contributed by atoms with E-state index in [1.54, 1.807) is 0 Å². The second-order valence-electron chi connectivity index (χ2n) is 3.94. The smallest absolute Gasteiger partial charge is 0.336 e. The average Bonchev–Trinajstić information content (AvgIpc) is 2.49. The molecule has 106 valence electrons. The Labute approximate surface area is 122 Å². The van der Waals surface area contributed by atoms with Gasteiger partial charge in [-0.1, -0.05) is 6.07 Å². The van der Waals surface area contributed by atoms with Gasteiger partial charge in [-0.15, -0.1) is 0 Å². The van der Waals surface area contributed by atoms with Crippen LogP contribution >= 0.6 is 0 Å². The van der Waals surface area contributed by atoms with E-state index in [0.29, 0.717) is 0 Å². The first-order valence-corrected chi connectivity index (χ1v) is 5.70. The minimum atomic E-state index is -1.26. The second kappa shape index (κ2) is 6.17. The molecule has 0 aliphatic heterocycles. The summed E-state index contributed by atoms with van der Waals surface area (Å²) in [5.74, 6) is -1.26. The van der Waals surface area contributed by atoms with Gasteiger partial charge in [0.15, 0.2) is 0 Å². The molecule has 0 atom stereocenters. The standard InChI is InChI=1S/C14H5N3O5/c18-5-15-8-3-10-9(11(4-8)14(21)22)1-2-12(16-6-19)13(10)17-7-20/h1-4H,(H,21,22). The Kier molecular flexibility index (Phi) is 4.13. The van der Waals surface area contributed by atoms with E-state index < -0.39 is 5.97 Å². The third kappa shape index (κ3) is 2.60. The Hall–Kier alpha value is -3.69. The lowest BCUT2D eigenvalue weighted by Crippen LogP contribution is -1.97. The molecular formula is C14H5N3O5. The van der Waals surface area contributed by atoms with Gasteiger partial charge >= 0.3 is 5.97 Å². The number of aliphatic imine (C=N–C) groups is 3. The van der Waals surface area contributed by atoms with Crippen LogP contribution in [0.1, 0.15) is 10.4 Å². The highest BCUT2D eigenvalue weighted by Crippen LogP contribution is 2.39. The fourth-order valence-corrected chi connectivity index (χ4v) is 1.99. The Bertz CT molecular complexity index is 931. The van der Waals surface area contributed by atoms with Gasteiger partial charge in [0, 0.05) is 5.39 Å². The van der Waals surface area contributed by atoms with Crippen molar-refractivity contribution in [3.05, 3.63) is 29.8 Å². The van der Waals surface area contributed by atoms with Gasteiger partial charge in [0.1, 0.15) is 11.4 Å². The van der Waals surface area contributed by atoms with Gasteiger partial charge in [-0.25, -0.2) is 19.2 Å². The van der Waals surface area contributed by atoms with E-state index in [9.17, 15) is 24.3 Å². The molecule has 2 rings (SSSR count). The minimum absolute atomic E-state index is 0.00872. The van der Waals surface area contributed by atoms with Crippen molar-refractivity contribution >= 4 is 52.0 Å². The van der Waals surface area contributed by atoms with E-state index in [4.69, 9.17) is 0 Å². The van der Waals surface area contributed by atoms with Crippen molar-refractivity contribution in [3.63, 3.8) is 0 Å². The van der Waals surface area contributed by atoms with Crippen LogP contribution in [0, 0.1) is 0 Å². The highest BCUT2D eigenvalue weighted by Gasteiger charge is 2.15. The molecule has 0 unspecified atom stereocenters.